The third-order valence-electron chi connectivity index (χ3n) is 4.75. The topological polar surface area (TPSA) is 52.8 Å². The molecule has 2 aromatic carbocycles. The Labute approximate surface area is 209 Å². The first kappa shape index (κ1) is 24.0. The normalized spacial score (nSPS) is 11.5. The minimum atomic E-state index is -2.97. The van der Waals surface area contributed by atoms with Crippen LogP contribution in [0.15, 0.2) is 97.6 Å². The summed E-state index contributed by atoms with van der Waals surface area (Å²) < 4.78 is 0. The van der Waals surface area contributed by atoms with Gasteiger partial charge >= 0.3 is 49.6 Å². The van der Waals surface area contributed by atoms with Crippen molar-refractivity contribution in [2.75, 3.05) is 0 Å². The van der Waals surface area contributed by atoms with Gasteiger partial charge in [0.2, 0.25) is 5.52 Å². The Morgan fingerprint density at radius 2 is 0.909 bits per heavy atom. The van der Waals surface area contributed by atoms with Crippen molar-refractivity contribution in [2.45, 2.75) is 0 Å². The molecule has 0 aliphatic heterocycles. The van der Waals surface area contributed by atoms with Crippen LogP contribution in [0.1, 0.15) is 0 Å². The molecule has 0 aliphatic carbocycles. The number of hydrogen-bond donors (Lipinski definition) is 0. The van der Waals surface area contributed by atoms with E-state index in [0.717, 1.165) is 32.8 Å². The summed E-state index contributed by atoms with van der Waals surface area (Å²) in [5.41, 5.74) is 4.09. The number of rotatable bonds is 0. The standard InChI is InChI=1S/2C12H8N2.4ClH.Ru/c2*1-3-9-5-6-10-4-2-8-14-12(10)11(9)13-7-1;;;;;/h2*1-8H;4*1H;/q;;;;;;+3/p-3. The molecule has 0 saturated heterocycles. The molecule has 0 radical (unpaired) electrons. The fraction of sp³-hybridized carbons (Fsp3) is 0. The van der Waals surface area contributed by atoms with Gasteiger partial charge in [0.1, 0.15) is 5.52 Å². The van der Waals surface area contributed by atoms with Crippen molar-refractivity contribution in [3.63, 3.8) is 0 Å². The van der Waals surface area contributed by atoms with E-state index in [4.69, 9.17) is 38.8 Å². The molecule has 0 amide bonds. The van der Waals surface area contributed by atoms with Gasteiger partial charge in [0.05, 0.1) is 11.0 Å². The van der Waals surface area contributed by atoms with Crippen molar-refractivity contribution in [1.82, 2.24) is 15.0 Å². The van der Waals surface area contributed by atoms with Crippen molar-refractivity contribution in [3.8, 4) is 0 Å². The first-order valence-electron chi connectivity index (χ1n) is 9.66. The molecule has 0 aliphatic rings. The molecular weight excluding hydrogens is 587 g/mol. The largest absolute Gasteiger partial charge is 0.254 e. The van der Waals surface area contributed by atoms with Crippen LogP contribution in [0.5, 0.6) is 0 Å². The first-order chi connectivity index (χ1) is 15.9. The Hall–Kier alpha value is -2.14. The number of H-pyrrole nitrogens is 1. The molecule has 4 aromatic heterocycles. The second-order valence-corrected chi connectivity index (χ2v) is 22.6. The molecule has 9 heteroatoms. The molecule has 0 spiro atoms. The van der Waals surface area contributed by atoms with Crippen molar-refractivity contribution in [1.29, 1.82) is 0 Å². The van der Waals surface area contributed by atoms with Gasteiger partial charge in [-0.15, -0.1) is 0 Å². The maximum atomic E-state index is 5.00. The number of nitrogens with one attached hydrogen (secondary N) is 1. The van der Waals surface area contributed by atoms with E-state index in [1.165, 1.54) is 10.8 Å². The van der Waals surface area contributed by atoms with Crippen molar-refractivity contribution < 1.29 is 15.8 Å². The van der Waals surface area contributed by atoms with Crippen LogP contribution in [0.2, 0.25) is 0 Å². The van der Waals surface area contributed by atoms with Gasteiger partial charge in [-0.1, -0.05) is 36.4 Å². The van der Waals surface area contributed by atoms with Crippen LogP contribution in [0.4, 0.5) is 0 Å². The molecule has 0 unspecified atom stereocenters. The van der Waals surface area contributed by atoms with Crippen molar-refractivity contribution in [2.24, 2.45) is 0 Å². The van der Waals surface area contributed by atoms with E-state index >= 15 is 0 Å². The van der Waals surface area contributed by atoms with E-state index < -0.39 is 10.8 Å². The smallest absolute Gasteiger partial charge is 0.237 e. The molecule has 1 N–H and O–H groups in total. The Balaban J connectivity index is 0.000000132. The van der Waals surface area contributed by atoms with Gasteiger partial charge in [0.15, 0.2) is 6.20 Å². The third-order valence-corrected chi connectivity index (χ3v) is 4.75. The van der Waals surface area contributed by atoms with Crippen LogP contribution in [0.25, 0.3) is 43.6 Å². The van der Waals surface area contributed by atoms with E-state index in [2.05, 4.69) is 68.5 Å². The number of aromatic amines is 1. The maximum absolute atomic E-state index is 5.00. The summed E-state index contributed by atoms with van der Waals surface area (Å²) in [5, 5.41) is 4.64. The number of benzene rings is 2. The van der Waals surface area contributed by atoms with Gasteiger partial charge in [-0.05, 0) is 30.3 Å². The fourth-order valence-electron chi connectivity index (χ4n) is 3.41. The molecule has 0 fully saturated rings. The molecule has 169 valence electrons. The quantitative estimate of drug-likeness (QED) is 0.132. The fourth-order valence-corrected chi connectivity index (χ4v) is 3.41. The van der Waals surface area contributed by atoms with Crippen LogP contribution in [-0.2, 0) is 10.8 Å². The number of nitrogens with zero attached hydrogens (tertiary/aromatic N) is 3. The van der Waals surface area contributed by atoms with Crippen LogP contribution < -0.4 is 4.98 Å². The van der Waals surface area contributed by atoms with Crippen molar-refractivity contribution >= 4 is 82.4 Å². The van der Waals surface area contributed by atoms with E-state index in [0.29, 0.717) is 0 Å². The third kappa shape index (κ3) is 6.47. The number of fused-ring (bicyclic) bond motifs is 6. The summed E-state index contributed by atoms with van der Waals surface area (Å²) in [6, 6.07) is 24.4. The molecular formula is C24H17Cl4N4Ru. The monoisotopic (exact) mass is 603 g/mol. The Kier molecular flexibility index (Phi) is 7.90. The zero-order chi connectivity index (χ0) is 23.3. The average Bonchev–Trinajstić information content (AvgIpc) is 2.83. The summed E-state index contributed by atoms with van der Waals surface area (Å²) in [6.45, 7) is 0. The summed E-state index contributed by atoms with van der Waals surface area (Å²) in [4.78, 5) is 16.3. The van der Waals surface area contributed by atoms with Gasteiger partial charge < -0.3 is 0 Å². The van der Waals surface area contributed by atoms with Gasteiger partial charge in [0, 0.05) is 46.2 Å². The Bertz CT molecular complexity index is 1310. The van der Waals surface area contributed by atoms with Crippen molar-refractivity contribution in [3.05, 3.63) is 97.6 Å². The van der Waals surface area contributed by atoms with E-state index in [9.17, 15) is 0 Å². The molecule has 33 heavy (non-hydrogen) atoms. The minimum absolute atomic E-state index is 0.977. The minimum Gasteiger partial charge on any atom is -0.254 e. The van der Waals surface area contributed by atoms with E-state index in [1.807, 2.05) is 36.7 Å². The zero-order valence-corrected chi connectivity index (χ0v) is 21.7. The Morgan fingerprint density at radius 1 is 0.515 bits per heavy atom. The molecule has 6 rings (SSSR count). The summed E-state index contributed by atoms with van der Waals surface area (Å²) in [7, 11) is 17.0. The van der Waals surface area contributed by atoms with Crippen LogP contribution in [-0.4, -0.2) is 15.0 Å². The second kappa shape index (κ2) is 10.9. The van der Waals surface area contributed by atoms with Crippen LogP contribution in [0, 0.1) is 0 Å². The Morgan fingerprint density at radius 3 is 1.42 bits per heavy atom. The number of aromatic nitrogens is 4. The summed E-state index contributed by atoms with van der Waals surface area (Å²) >= 11 is 0. The number of halogens is 4. The second-order valence-electron chi connectivity index (χ2n) is 6.79. The summed E-state index contributed by atoms with van der Waals surface area (Å²) in [5.74, 6) is 0. The van der Waals surface area contributed by atoms with Crippen LogP contribution >= 0.6 is 38.8 Å². The predicted octanol–water partition coefficient (Wildman–Crippen LogP) is 7.74. The van der Waals surface area contributed by atoms with Gasteiger partial charge in [-0.3, -0.25) is 9.97 Å². The van der Waals surface area contributed by atoms with Gasteiger partial charge in [-0.2, -0.15) is 0 Å². The van der Waals surface area contributed by atoms with Gasteiger partial charge in [0.25, 0.3) is 0 Å². The molecule has 4 nitrogen and oxygen atoms in total. The van der Waals surface area contributed by atoms with Crippen LogP contribution in [0.3, 0.4) is 0 Å². The van der Waals surface area contributed by atoms with E-state index in [1.54, 1.807) is 12.4 Å². The predicted molar refractivity (Wildman–Crippen MR) is 136 cm³/mol. The van der Waals surface area contributed by atoms with E-state index in [-0.39, 0.29) is 0 Å². The molecule has 0 atom stereocenters. The maximum Gasteiger partial charge on any atom is 0.237 e. The summed E-state index contributed by atoms with van der Waals surface area (Å²) in [6.07, 6.45) is 7.35. The SMILES string of the molecule is [Cl][Ru-]([Cl])([Cl])[Cl].c1cnc2c(c1)ccc1ccc[nH+]c12.c1cnc2c(c1)ccc1cccnc12. The zero-order valence-electron chi connectivity index (χ0n) is 16.9. The molecule has 0 saturated carbocycles. The van der Waals surface area contributed by atoms with Gasteiger partial charge in [-0.25, -0.2) is 9.97 Å². The number of pyridine rings is 4. The molecule has 4 heterocycles. The average molecular weight is 604 g/mol. The first-order valence-corrected chi connectivity index (χ1v) is 18.6. The molecule has 6 aromatic rings. The number of hydrogen-bond acceptors (Lipinski definition) is 3. The molecule has 0 bridgehead atoms.